The van der Waals surface area contributed by atoms with E-state index in [1.54, 1.807) is 0 Å². The van der Waals surface area contributed by atoms with Crippen LogP contribution < -0.4 is 0 Å². The molecule has 0 bridgehead atoms. The van der Waals surface area contributed by atoms with Crippen molar-refractivity contribution in [2.75, 3.05) is 0 Å². The third kappa shape index (κ3) is 10.4. The van der Waals surface area contributed by atoms with E-state index in [1.165, 1.54) is 68.9 Å². The molecule has 0 aromatic heterocycles. The smallest absolute Gasteiger partial charge is 0.303 e. The first-order valence-corrected chi connectivity index (χ1v) is 8.96. The van der Waals surface area contributed by atoms with Gasteiger partial charge in [-0.2, -0.15) is 0 Å². The van der Waals surface area contributed by atoms with Gasteiger partial charge in [-0.05, 0) is 31.7 Å². The Hall–Kier alpha value is -1.31. The number of aliphatic carboxylic acids is 1. The summed E-state index contributed by atoms with van der Waals surface area (Å²) in [6.07, 6.45) is 13.9. The van der Waals surface area contributed by atoms with Crippen molar-refractivity contribution in [2.24, 2.45) is 0 Å². The first-order valence-electron chi connectivity index (χ1n) is 8.96. The molecule has 0 spiro atoms. The molecule has 2 heteroatoms. The maximum Gasteiger partial charge on any atom is 0.303 e. The van der Waals surface area contributed by atoms with E-state index in [9.17, 15) is 4.79 Å². The highest BCUT2D eigenvalue weighted by Gasteiger charge is 1.97. The van der Waals surface area contributed by atoms with Crippen LogP contribution in [-0.2, 0) is 11.2 Å². The van der Waals surface area contributed by atoms with Gasteiger partial charge in [0, 0.05) is 6.42 Å². The molecule has 0 saturated heterocycles. The zero-order valence-electron chi connectivity index (χ0n) is 14.2. The van der Waals surface area contributed by atoms with Gasteiger partial charge in [-0.15, -0.1) is 0 Å². The quantitative estimate of drug-likeness (QED) is 0.460. The van der Waals surface area contributed by atoms with Gasteiger partial charge in [-0.25, -0.2) is 0 Å². The van der Waals surface area contributed by atoms with E-state index < -0.39 is 5.97 Å². The molecule has 0 fully saturated rings. The molecule has 0 aliphatic heterocycles. The first kappa shape index (κ1) is 18.7. The summed E-state index contributed by atoms with van der Waals surface area (Å²) in [4.78, 5) is 10.4. The van der Waals surface area contributed by atoms with Crippen LogP contribution in [0.3, 0.4) is 0 Å². The van der Waals surface area contributed by atoms with Crippen LogP contribution in [0.1, 0.15) is 81.8 Å². The van der Waals surface area contributed by atoms with Crippen LogP contribution in [0.4, 0.5) is 0 Å². The third-order valence-electron chi connectivity index (χ3n) is 4.23. The summed E-state index contributed by atoms with van der Waals surface area (Å²) in [7, 11) is 0. The third-order valence-corrected chi connectivity index (χ3v) is 4.23. The molecule has 0 saturated carbocycles. The van der Waals surface area contributed by atoms with Crippen LogP contribution in [0.25, 0.3) is 0 Å². The van der Waals surface area contributed by atoms with Gasteiger partial charge in [0.15, 0.2) is 0 Å². The summed E-state index contributed by atoms with van der Waals surface area (Å²) in [5.41, 5.74) is 2.80. The number of hydrogen-bond acceptors (Lipinski definition) is 1. The minimum Gasteiger partial charge on any atom is -0.481 e. The van der Waals surface area contributed by atoms with Crippen LogP contribution >= 0.6 is 0 Å². The molecule has 0 aliphatic carbocycles. The second-order valence-corrected chi connectivity index (χ2v) is 6.41. The van der Waals surface area contributed by atoms with Crippen molar-refractivity contribution < 1.29 is 9.90 Å². The molecule has 0 heterocycles. The Morgan fingerprint density at radius 3 is 1.73 bits per heavy atom. The molecule has 124 valence electrons. The highest BCUT2D eigenvalue weighted by Crippen LogP contribution is 2.13. The molecule has 1 rings (SSSR count). The van der Waals surface area contributed by atoms with Crippen molar-refractivity contribution in [1.29, 1.82) is 0 Å². The number of benzene rings is 1. The van der Waals surface area contributed by atoms with E-state index in [-0.39, 0.29) is 0 Å². The highest BCUT2D eigenvalue weighted by atomic mass is 16.4. The molecule has 0 aliphatic rings. The van der Waals surface area contributed by atoms with E-state index in [2.05, 4.69) is 31.2 Å². The Morgan fingerprint density at radius 1 is 0.773 bits per heavy atom. The molecule has 0 amide bonds. The minimum atomic E-state index is -0.661. The maximum atomic E-state index is 10.4. The summed E-state index contributed by atoms with van der Waals surface area (Å²) in [5.74, 6) is -0.661. The number of aryl methyl sites for hydroxylation is 2. The van der Waals surface area contributed by atoms with Crippen molar-refractivity contribution in [1.82, 2.24) is 0 Å². The maximum absolute atomic E-state index is 10.4. The molecule has 1 N–H and O–H groups in total. The van der Waals surface area contributed by atoms with Crippen LogP contribution in [0.2, 0.25) is 0 Å². The topological polar surface area (TPSA) is 37.3 Å². The molecule has 2 nitrogen and oxygen atoms in total. The van der Waals surface area contributed by atoms with E-state index >= 15 is 0 Å². The molecular weight excluding hydrogens is 272 g/mol. The second kappa shape index (κ2) is 12.3. The van der Waals surface area contributed by atoms with Gasteiger partial charge in [0.1, 0.15) is 0 Å². The van der Waals surface area contributed by atoms with E-state index in [4.69, 9.17) is 5.11 Å². The largest absolute Gasteiger partial charge is 0.481 e. The fourth-order valence-electron chi connectivity index (χ4n) is 2.77. The molecule has 0 radical (unpaired) electrons. The summed E-state index contributed by atoms with van der Waals surface area (Å²) in [6.45, 7) is 2.13. The Kier molecular flexibility index (Phi) is 10.4. The van der Waals surface area contributed by atoms with E-state index in [0.29, 0.717) is 6.42 Å². The Morgan fingerprint density at radius 2 is 1.23 bits per heavy atom. The molecular formula is C20H32O2. The fourth-order valence-corrected chi connectivity index (χ4v) is 2.77. The number of carboxylic acids is 1. The van der Waals surface area contributed by atoms with Gasteiger partial charge in [0.25, 0.3) is 0 Å². The monoisotopic (exact) mass is 304 g/mol. The number of rotatable bonds is 13. The average molecular weight is 304 g/mol. The van der Waals surface area contributed by atoms with Gasteiger partial charge in [0.05, 0.1) is 0 Å². The number of hydrogen-bond donors (Lipinski definition) is 1. The van der Waals surface area contributed by atoms with Crippen molar-refractivity contribution in [3.05, 3.63) is 35.4 Å². The minimum absolute atomic E-state index is 0.334. The predicted molar refractivity (Wildman–Crippen MR) is 93.3 cm³/mol. The zero-order chi connectivity index (χ0) is 16.0. The number of carbonyl (C=O) groups is 1. The second-order valence-electron chi connectivity index (χ2n) is 6.41. The van der Waals surface area contributed by atoms with Gasteiger partial charge in [0.2, 0.25) is 0 Å². The first-order chi connectivity index (χ1) is 10.7. The van der Waals surface area contributed by atoms with Crippen molar-refractivity contribution in [2.45, 2.75) is 84.0 Å². The molecule has 1 aromatic rings. The normalized spacial score (nSPS) is 10.8. The van der Waals surface area contributed by atoms with Gasteiger partial charge in [-0.1, -0.05) is 81.2 Å². The van der Waals surface area contributed by atoms with Crippen molar-refractivity contribution in [3.8, 4) is 0 Å². The lowest BCUT2D eigenvalue weighted by atomic mass is 10.0. The highest BCUT2D eigenvalue weighted by molar-refractivity contribution is 5.66. The summed E-state index contributed by atoms with van der Waals surface area (Å²) >= 11 is 0. The molecule has 0 atom stereocenters. The number of unbranched alkanes of at least 4 members (excludes halogenated alkanes) is 9. The summed E-state index contributed by atoms with van der Waals surface area (Å²) in [5, 5.41) is 8.54. The number of carboxylic acid groups (broad SMARTS) is 1. The lowest BCUT2D eigenvalue weighted by Gasteiger charge is -2.03. The van der Waals surface area contributed by atoms with Gasteiger partial charge < -0.3 is 5.11 Å². The predicted octanol–water partition coefficient (Wildman–Crippen LogP) is 5.91. The Bertz CT molecular complexity index is 395. The van der Waals surface area contributed by atoms with E-state index in [0.717, 1.165) is 12.8 Å². The SMILES string of the molecule is Cc1ccc(CCCCCCCCCCCCC(=O)O)cc1. The standard InChI is InChI=1S/C20H32O2/c1-18-14-16-19(17-15-18)12-10-8-6-4-2-3-5-7-9-11-13-20(21)22/h14-17H,2-13H2,1H3,(H,21,22). The molecule has 0 unspecified atom stereocenters. The Balaban J connectivity index is 1.82. The Labute approximate surface area is 135 Å². The van der Waals surface area contributed by atoms with Crippen LogP contribution in [0.5, 0.6) is 0 Å². The van der Waals surface area contributed by atoms with Gasteiger partial charge in [-0.3, -0.25) is 4.79 Å². The average Bonchev–Trinajstić information content (AvgIpc) is 2.50. The van der Waals surface area contributed by atoms with Crippen LogP contribution in [0.15, 0.2) is 24.3 Å². The van der Waals surface area contributed by atoms with Crippen molar-refractivity contribution >= 4 is 5.97 Å². The molecule has 22 heavy (non-hydrogen) atoms. The van der Waals surface area contributed by atoms with Gasteiger partial charge >= 0.3 is 5.97 Å². The lowest BCUT2D eigenvalue weighted by Crippen LogP contribution is -1.93. The lowest BCUT2D eigenvalue weighted by molar-refractivity contribution is -0.137. The summed E-state index contributed by atoms with van der Waals surface area (Å²) in [6, 6.07) is 8.90. The van der Waals surface area contributed by atoms with Crippen LogP contribution in [-0.4, -0.2) is 11.1 Å². The van der Waals surface area contributed by atoms with Crippen LogP contribution in [0, 0.1) is 6.92 Å². The van der Waals surface area contributed by atoms with E-state index in [1.807, 2.05) is 0 Å². The fraction of sp³-hybridized carbons (Fsp3) is 0.650. The molecule has 1 aromatic carbocycles. The summed E-state index contributed by atoms with van der Waals surface area (Å²) < 4.78 is 0. The zero-order valence-corrected chi connectivity index (χ0v) is 14.2. The van der Waals surface area contributed by atoms with Crippen molar-refractivity contribution in [3.63, 3.8) is 0 Å².